The van der Waals surface area contributed by atoms with Gasteiger partial charge in [0, 0.05) is 0 Å². The molecule has 0 aliphatic carbocycles. The van der Waals surface area contributed by atoms with Crippen LogP contribution in [-0.4, -0.2) is 30.4 Å². The number of aryl methyl sites for hydroxylation is 2. The minimum atomic E-state index is -0.801. The van der Waals surface area contributed by atoms with Crippen molar-refractivity contribution >= 4 is 29.1 Å². The lowest BCUT2D eigenvalue weighted by Gasteiger charge is -2.14. The van der Waals surface area contributed by atoms with Crippen LogP contribution in [0.25, 0.3) is 0 Å². The number of ether oxygens (including phenoxy) is 1. The number of hydrogen-bond acceptors (Lipinski definition) is 5. The molecule has 0 aliphatic heterocycles. The van der Waals surface area contributed by atoms with Crippen molar-refractivity contribution in [1.29, 1.82) is 0 Å². The normalized spacial score (nSPS) is 11.3. The number of nitrogens with one attached hydrogen (secondary N) is 3. The van der Waals surface area contributed by atoms with E-state index in [0.717, 1.165) is 11.1 Å². The van der Waals surface area contributed by atoms with Crippen LogP contribution in [0.4, 0.5) is 0 Å². The molecule has 1 unspecified atom stereocenters. The van der Waals surface area contributed by atoms with Crippen molar-refractivity contribution in [2.24, 2.45) is 0 Å². The van der Waals surface area contributed by atoms with Crippen molar-refractivity contribution in [3.8, 4) is 5.75 Å². The highest BCUT2D eigenvalue weighted by molar-refractivity contribution is 7.12. The Morgan fingerprint density at radius 3 is 2.62 bits per heavy atom. The van der Waals surface area contributed by atoms with Gasteiger partial charge in [0.1, 0.15) is 11.8 Å². The Bertz CT molecular complexity index is 790. The summed E-state index contributed by atoms with van der Waals surface area (Å²) in [5.74, 6) is -0.763. The third-order valence-electron chi connectivity index (χ3n) is 3.51. The van der Waals surface area contributed by atoms with Gasteiger partial charge in [-0.3, -0.25) is 25.2 Å². The van der Waals surface area contributed by atoms with Crippen molar-refractivity contribution in [2.75, 3.05) is 6.61 Å². The van der Waals surface area contributed by atoms with Gasteiger partial charge >= 0.3 is 0 Å². The standard InChI is InChI=1S/C18H21N3O4S/c1-11-6-7-12(2)14(9-11)25-10-16(22)20-21-17(23)13(3)19-18(24)15-5-4-8-26-15/h4-9,13H,10H2,1-3H3,(H,19,24)(H,20,22)(H,21,23). The Morgan fingerprint density at radius 1 is 1.15 bits per heavy atom. The fourth-order valence-corrected chi connectivity index (χ4v) is 2.65. The number of thiophene rings is 1. The molecule has 1 heterocycles. The molecule has 2 aromatic rings. The first-order valence-electron chi connectivity index (χ1n) is 8.00. The second-order valence-corrected chi connectivity index (χ2v) is 6.72. The molecule has 8 heteroatoms. The zero-order valence-corrected chi connectivity index (χ0v) is 15.6. The van der Waals surface area contributed by atoms with Crippen LogP contribution in [0.15, 0.2) is 35.7 Å². The molecule has 1 aromatic carbocycles. The third-order valence-corrected chi connectivity index (χ3v) is 4.38. The number of rotatable bonds is 6. The lowest BCUT2D eigenvalue weighted by atomic mass is 10.1. The fourth-order valence-electron chi connectivity index (χ4n) is 2.02. The molecule has 0 fully saturated rings. The van der Waals surface area contributed by atoms with Gasteiger partial charge < -0.3 is 10.1 Å². The van der Waals surface area contributed by atoms with Crippen LogP contribution in [-0.2, 0) is 9.59 Å². The molecule has 3 N–H and O–H groups in total. The molecule has 0 aliphatic rings. The van der Waals surface area contributed by atoms with Crippen LogP contribution in [0.3, 0.4) is 0 Å². The van der Waals surface area contributed by atoms with Gasteiger partial charge in [-0.25, -0.2) is 0 Å². The van der Waals surface area contributed by atoms with Gasteiger partial charge in [0.2, 0.25) is 0 Å². The highest BCUT2D eigenvalue weighted by Crippen LogP contribution is 2.18. The van der Waals surface area contributed by atoms with Crippen LogP contribution in [0, 0.1) is 13.8 Å². The minimum absolute atomic E-state index is 0.236. The number of carbonyl (C=O) groups excluding carboxylic acids is 3. The Labute approximate surface area is 155 Å². The smallest absolute Gasteiger partial charge is 0.276 e. The van der Waals surface area contributed by atoms with E-state index in [0.29, 0.717) is 10.6 Å². The van der Waals surface area contributed by atoms with Crippen molar-refractivity contribution in [3.63, 3.8) is 0 Å². The van der Waals surface area contributed by atoms with Gasteiger partial charge in [0.25, 0.3) is 17.7 Å². The van der Waals surface area contributed by atoms with E-state index < -0.39 is 17.9 Å². The van der Waals surface area contributed by atoms with Gasteiger partial charge in [-0.2, -0.15) is 0 Å². The van der Waals surface area contributed by atoms with E-state index in [2.05, 4.69) is 16.2 Å². The van der Waals surface area contributed by atoms with Gasteiger partial charge in [-0.1, -0.05) is 18.2 Å². The zero-order chi connectivity index (χ0) is 19.1. The van der Waals surface area contributed by atoms with E-state index in [1.165, 1.54) is 18.3 Å². The maximum absolute atomic E-state index is 11.9. The molecule has 1 atom stereocenters. The third kappa shape index (κ3) is 5.59. The second kappa shape index (κ2) is 9.00. The summed E-state index contributed by atoms with van der Waals surface area (Å²) < 4.78 is 5.45. The molecular weight excluding hydrogens is 354 g/mol. The van der Waals surface area contributed by atoms with E-state index in [1.54, 1.807) is 17.5 Å². The van der Waals surface area contributed by atoms with Gasteiger partial charge in [-0.05, 0) is 49.4 Å². The lowest BCUT2D eigenvalue weighted by molar-refractivity contribution is -0.130. The van der Waals surface area contributed by atoms with E-state index in [-0.39, 0.29) is 12.5 Å². The Balaban J connectivity index is 1.74. The quantitative estimate of drug-likeness (QED) is 0.670. The van der Waals surface area contributed by atoms with Crippen LogP contribution < -0.4 is 20.9 Å². The average Bonchev–Trinajstić information content (AvgIpc) is 3.15. The van der Waals surface area contributed by atoms with Crippen molar-refractivity contribution in [1.82, 2.24) is 16.2 Å². The Kier molecular flexibility index (Phi) is 6.74. The summed E-state index contributed by atoms with van der Waals surface area (Å²) in [6, 6.07) is 8.31. The molecule has 26 heavy (non-hydrogen) atoms. The summed E-state index contributed by atoms with van der Waals surface area (Å²) in [6.45, 7) is 5.10. The molecule has 0 saturated carbocycles. The SMILES string of the molecule is Cc1ccc(C)c(OCC(=O)NNC(=O)C(C)NC(=O)c2cccs2)c1. The van der Waals surface area contributed by atoms with Crippen LogP contribution in [0.5, 0.6) is 5.75 Å². The molecule has 2 rings (SSSR count). The average molecular weight is 375 g/mol. The first-order valence-corrected chi connectivity index (χ1v) is 8.88. The van der Waals surface area contributed by atoms with E-state index >= 15 is 0 Å². The first-order chi connectivity index (χ1) is 12.4. The highest BCUT2D eigenvalue weighted by Gasteiger charge is 2.17. The number of benzene rings is 1. The van der Waals surface area contributed by atoms with Crippen LogP contribution in [0.2, 0.25) is 0 Å². The second-order valence-electron chi connectivity index (χ2n) is 5.77. The molecule has 0 bridgehead atoms. The Morgan fingerprint density at radius 2 is 1.92 bits per heavy atom. The molecule has 138 valence electrons. The molecule has 0 radical (unpaired) electrons. The van der Waals surface area contributed by atoms with E-state index in [4.69, 9.17) is 4.74 Å². The van der Waals surface area contributed by atoms with E-state index in [1.807, 2.05) is 32.0 Å². The lowest BCUT2D eigenvalue weighted by Crippen LogP contribution is -2.51. The molecule has 0 spiro atoms. The van der Waals surface area contributed by atoms with Crippen molar-refractivity contribution < 1.29 is 19.1 Å². The summed E-state index contributed by atoms with van der Waals surface area (Å²) >= 11 is 1.28. The Hall–Kier alpha value is -2.87. The van der Waals surface area contributed by atoms with Crippen LogP contribution in [0.1, 0.15) is 27.7 Å². The molecule has 1 aromatic heterocycles. The number of hydrogen-bond donors (Lipinski definition) is 3. The zero-order valence-electron chi connectivity index (χ0n) is 14.8. The van der Waals surface area contributed by atoms with Gasteiger partial charge in [0.05, 0.1) is 4.88 Å². The molecule has 7 nitrogen and oxygen atoms in total. The van der Waals surface area contributed by atoms with Gasteiger partial charge in [-0.15, -0.1) is 11.3 Å². The summed E-state index contributed by atoms with van der Waals surface area (Å²) in [4.78, 5) is 36.2. The maximum atomic E-state index is 11.9. The minimum Gasteiger partial charge on any atom is -0.483 e. The summed E-state index contributed by atoms with van der Waals surface area (Å²) in [5.41, 5.74) is 6.47. The van der Waals surface area contributed by atoms with E-state index in [9.17, 15) is 14.4 Å². The van der Waals surface area contributed by atoms with Crippen molar-refractivity contribution in [3.05, 3.63) is 51.7 Å². The molecule has 3 amide bonds. The monoisotopic (exact) mass is 375 g/mol. The number of carbonyl (C=O) groups is 3. The fraction of sp³-hybridized carbons (Fsp3) is 0.278. The largest absolute Gasteiger partial charge is 0.483 e. The predicted octanol–water partition coefficient (Wildman–Crippen LogP) is 1.71. The van der Waals surface area contributed by atoms with Gasteiger partial charge in [0.15, 0.2) is 6.61 Å². The predicted molar refractivity (Wildman–Crippen MR) is 98.9 cm³/mol. The topological polar surface area (TPSA) is 96.5 Å². The van der Waals surface area contributed by atoms with Crippen molar-refractivity contribution in [2.45, 2.75) is 26.8 Å². The number of hydrazine groups is 1. The summed E-state index contributed by atoms with van der Waals surface area (Å²) in [5, 5.41) is 4.33. The molecule has 0 saturated heterocycles. The summed E-state index contributed by atoms with van der Waals surface area (Å²) in [7, 11) is 0. The number of amides is 3. The van der Waals surface area contributed by atoms with Crippen LogP contribution >= 0.6 is 11.3 Å². The first kappa shape index (κ1) is 19.5. The highest BCUT2D eigenvalue weighted by atomic mass is 32.1. The summed E-state index contributed by atoms with van der Waals surface area (Å²) in [6.07, 6.45) is 0. The molecular formula is C18H21N3O4S. The maximum Gasteiger partial charge on any atom is 0.276 e.